The summed E-state index contributed by atoms with van der Waals surface area (Å²) in [6.07, 6.45) is 0.912. The number of hydrogen-bond donors (Lipinski definition) is 1. The largest absolute Gasteiger partial charge is 0.327 e. The van der Waals surface area contributed by atoms with Crippen LogP contribution in [0.1, 0.15) is 52.3 Å². The van der Waals surface area contributed by atoms with Gasteiger partial charge < -0.3 is 9.12 Å². The van der Waals surface area contributed by atoms with E-state index in [2.05, 4.69) is 25.3 Å². The fourth-order valence-electron chi connectivity index (χ4n) is 3.52. The molecule has 0 radical (unpaired) electrons. The first-order valence-electron chi connectivity index (χ1n) is 8.56. The topological polar surface area (TPSA) is 55.1 Å². The molecule has 4 nitrogen and oxygen atoms in total. The van der Waals surface area contributed by atoms with Crippen LogP contribution < -0.4 is 0 Å². The number of nitrogens with zero attached hydrogens (tertiary/aromatic N) is 2. The zero-order valence-electron chi connectivity index (χ0n) is 14.8. The average molecular weight is 370 g/mol. The molecule has 0 bridgehead atoms. The normalized spacial score (nSPS) is 20.1. The fourth-order valence-corrected chi connectivity index (χ4v) is 3.91. The Bertz CT molecular complexity index is 801. The zero-order valence-corrected chi connectivity index (χ0v) is 15.6. The van der Waals surface area contributed by atoms with Crippen LogP contribution in [-0.4, -0.2) is 24.2 Å². The Morgan fingerprint density at radius 1 is 1.32 bits per heavy atom. The van der Waals surface area contributed by atoms with Gasteiger partial charge in [-0.2, -0.15) is 0 Å². The molecule has 138 valence electrons. The molecule has 7 heteroatoms. The standard InChI is InChI=1S/C18H24F2N2O2S/c1-17(2,3)16-21-14-10-13(25(23)24)4-5-15(14)22(16)11-12-6-8-18(19,20)9-7-12/h4-5,10,12H,6-9,11H2,1-3H3,(H,23,24). The Kier molecular flexibility index (Phi) is 4.75. The molecule has 1 atom stereocenters. The fraction of sp³-hybridized carbons (Fsp3) is 0.611. The van der Waals surface area contributed by atoms with E-state index < -0.39 is 17.0 Å². The van der Waals surface area contributed by atoms with Crippen LogP contribution in [0.4, 0.5) is 8.78 Å². The number of rotatable bonds is 3. The quantitative estimate of drug-likeness (QED) is 0.794. The lowest BCUT2D eigenvalue weighted by molar-refractivity contribution is -0.0473. The molecule has 1 aromatic heterocycles. The van der Waals surface area contributed by atoms with Gasteiger partial charge in [-0.3, -0.25) is 0 Å². The minimum absolute atomic E-state index is 0.0528. The second-order valence-corrected chi connectivity index (χ2v) is 8.96. The number of alkyl halides is 2. The van der Waals surface area contributed by atoms with Crippen LogP contribution in [0, 0.1) is 5.92 Å². The Morgan fingerprint density at radius 2 is 1.96 bits per heavy atom. The third kappa shape index (κ3) is 3.92. The first-order valence-corrected chi connectivity index (χ1v) is 9.67. The van der Waals surface area contributed by atoms with Gasteiger partial charge in [-0.25, -0.2) is 18.0 Å². The van der Waals surface area contributed by atoms with Crippen molar-refractivity contribution in [2.75, 3.05) is 0 Å². The van der Waals surface area contributed by atoms with Crippen molar-refractivity contribution in [1.82, 2.24) is 9.55 Å². The predicted molar refractivity (Wildman–Crippen MR) is 94.4 cm³/mol. The van der Waals surface area contributed by atoms with Gasteiger partial charge in [-0.15, -0.1) is 0 Å². The molecule has 1 unspecified atom stereocenters. The molecule has 1 fully saturated rings. The smallest absolute Gasteiger partial charge is 0.248 e. The van der Waals surface area contributed by atoms with Gasteiger partial charge >= 0.3 is 0 Å². The van der Waals surface area contributed by atoms with Crippen LogP contribution in [0.25, 0.3) is 11.0 Å². The van der Waals surface area contributed by atoms with Crippen molar-refractivity contribution in [2.45, 2.75) is 69.2 Å². The van der Waals surface area contributed by atoms with Gasteiger partial charge in [0.1, 0.15) is 5.82 Å². The second-order valence-electron chi connectivity index (χ2n) is 8.00. The van der Waals surface area contributed by atoms with E-state index in [1.165, 1.54) is 0 Å². The van der Waals surface area contributed by atoms with Gasteiger partial charge in [0.05, 0.1) is 15.9 Å². The highest BCUT2D eigenvalue weighted by Gasteiger charge is 2.35. The predicted octanol–water partition coefficient (Wildman–Crippen LogP) is 4.74. The Morgan fingerprint density at radius 3 is 2.52 bits per heavy atom. The number of halogens is 2. The molecule has 1 N–H and O–H groups in total. The summed E-state index contributed by atoms with van der Waals surface area (Å²) in [7, 11) is 0. The Labute approximate surface area is 148 Å². The molecule has 1 saturated carbocycles. The summed E-state index contributed by atoms with van der Waals surface area (Å²) in [5, 5.41) is 0. The summed E-state index contributed by atoms with van der Waals surface area (Å²) in [5.41, 5.74) is 1.35. The van der Waals surface area contributed by atoms with Crippen LogP contribution in [0.5, 0.6) is 0 Å². The maximum Gasteiger partial charge on any atom is 0.248 e. The molecule has 2 aromatic rings. The van der Waals surface area contributed by atoms with Gasteiger partial charge in [-0.05, 0) is 37.0 Å². The lowest BCUT2D eigenvalue weighted by atomic mass is 9.86. The van der Waals surface area contributed by atoms with Gasteiger partial charge in [0.15, 0.2) is 11.1 Å². The molecule has 1 aromatic carbocycles. The molecule has 1 aliphatic carbocycles. The summed E-state index contributed by atoms with van der Waals surface area (Å²) in [6.45, 7) is 6.83. The van der Waals surface area contributed by atoms with Crippen molar-refractivity contribution in [3.8, 4) is 0 Å². The Balaban J connectivity index is 1.98. The SMILES string of the molecule is CC(C)(C)c1nc2cc(S(=O)O)ccc2n1CC1CCC(F)(F)CC1. The average Bonchev–Trinajstić information content (AvgIpc) is 2.87. The van der Waals surface area contributed by atoms with Crippen LogP contribution in [0.15, 0.2) is 23.1 Å². The molecule has 0 saturated heterocycles. The Hall–Kier alpha value is -1.34. The van der Waals surface area contributed by atoms with Crippen molar-refractivity contribution in [3.63, 3.8) is 0 Å². The highest BCUT2D eigenvalue weighted by molar-refractivity contribution is 7.79. The van der Waals surface area contributed by atoms with Crippen molar-refractivity contribution in [1.29, 1.82) is 0 Å². The van der Waals surface area contributed by atoms with Crippen LogP contribution in [0.2, 0.25) is 0 Å². The van der Waals surface area contributed by atoms with E-state index in [0.29, 0.717) is 29.8 Å². The summed E-state index contributed by atoms with van der Waals surface area (Å²) in [4.78, 5) is 5.01. The third-order valence-corrected chi connectivity index (χ3v) is 5.53. The minimum atomic E-state index is -2.53. The highest BCUT2D eigenvalue weighted by atomic mass is 32.2. The van der Waals surface area contributed by atoms with E-state index in [4.69, 9.17) is 4.98 Å². The molecular weight excluding hydrogens is 346 g/mol. The van der Waals surface area contributed by atoms with Crippen molar-refractivity contribution < 1.29 is 17.5 Å². The highest BCUT2D eigenvalue weighted by Crippen LogP contribution is 2.38. The van der Waals surface area contributed by atoms with E-state index in [-0.39, 0.29) is 24.2 Å². The van der Waals surface area contributed by atoms with Crippen molar-refractivity contribution >= 4 is 22.1 Å². The van der Waals surface area contributed by atoms with Crippen LogP contribution in [0.3, 0.4) is 0 Å². The lowest BCUT2D eigenvalue weighted by Crippen LogP contribution is -2.28. The lowest BCUT2D eigenvalue weighted by Gasteiger charge is -2.30. The van der Waals surface area contributed by atoms with Crippen LogP contribution >= 0.6 is 0 Å². The van der Waals surface area contributed by atoms with Crippen molar-refractivity contribution in [3.05, 3.63) is 24.0 Å². The molecular formula is C18H24F2N2O2S. The molecule has 0 aliphatic heterocycles. The van der Waals surface area contributed by atoms with E-state index in [1.807, 2.05) is 0 Å². The first-order chi connectivity index (χ1) is 11.6. The molecule has 1 heterocycles. The van der Waals surface area contributed by atoms with Crippen molar-refractivity contribution in [2.24, 2.45) is 5.92 Å². The summed E-state index contributed by atoms with van der Waals surface area (Å²) < 4.78 is 49.6. The number of aromatic nitrogens is 2. The zero-order chi connectivity index (χ0) is 18.4. The van der Waals surface area contributed by atoms with Gasteiger partial charge in [0, 0.05) is 24.8 Å². The molecule has 0 amide bonds. The van der Waals surface area contributed by atoms with Gasteiger partial charge in [-0.1, -0.05) is 20.8 Å². The van der Waals surface area contributed by atoms with Crippen LogP contribution in [-0.2, 0) is 23.0 Å². The maximum absolute atomic E-state index is 13.4. The monoisotopic (exact) mass is 370 g/mol. The first kappa shape index (κ1) is 18.5. The summed E-state index contributed by atoms with van der Waals surface area (Å²) in [6, 6.07) is 5.06. The molecule has 0 spiro atoms. The maximum atomic E-state index is 13.4. The van der Waals surface area contributed by atoms with E-state index in [9.17, 15) is 17.5 Å². The van der Waals surface area contributed by atoms with Gasteiger partial charge in [0.2, 0.25) is 5.92 Å². The third-order valence-electron chi connectivity index (χ3n) is 4.87. The summed E-state index contributed by atoms with van der Waals surface area (Å²) >= 11 is -2.05. The number of benzene rings is 1. The number of fused-ring (bicyclic) bond motifs is 1. The minimum Gasteiger partial charge on any atom is -0.327 e. The number of imidazole rings is 1. The molecule has 3 rings (SSSR count). The van der Waals surface area contributed by atoms with E-state index >= 15 is 0 Å². The molecule has 1 aliphatic rings. The van der Waals surface area contributed by atoms with Gasteiger partial charge in [0.25, 0.3) is 0 Å². The summed E-state index contributed by atoms with van der Waals surface area (Å²) in [5.74, 6) is -1.45. The second kappa shape index (κ2) is 6.43. The molecule has 25 heavy (non-hydrogen) atoms. The number of hydrogen-bond acceptors (Lipinski definition) is 2. The van der Waals surface area contributed by atoms with E-state index in [0.717, 1.165) is 11.3 Å². The van der Waals surface area contributed by atoms with E-state index in [1.54, 1.807) is 18.2 Å².